The van der Waals surface area contributed by atoms with Crippen molar-refractivity contribution in [3.8, 4) is 17.2 Å². The van der Waals surface area contributed by atoms with E-state index >= 15 is 0 Å². The molecule has 1 N–H and O–H groups in total. The third kappa shape index (κ3) is 3.49. The first-order valence-corrected chi connectivity index (χ1v) is 6.94. The van der Waals surface area contributed by atoms with Gasteiger partial charge in [0.15, 0.2) is 0 Å². The second kappa shape index (κ2) is 7.36. The Morgan fingerprint density at radius 1 is 1.05 bits per heavy atom. The largest absolute Gasteiger partial charge is 0.497 e. The first-order valence-electron chi connectivity index (χ1n) is 6.94. The minimum Gasteiger partial charge on any atom is -0.497 e. The number of carbonyl (C=O) groups excluding carboxylic acids is 1. The Labute approximate surface area is 129 Å². The number of nitrogens with one attached hydrogen (secondary N) is 1. The van der Waals surface area contributed by atoms with Gasteiger partial charge in [-0.1, -0.05) is 12.1 Å². The average Bonchev–Trinajstić information content (AvgIpc) is 2.56. The molecule has 0 aliphatic heterocycles. The molecule has 2 aromatic carbocycles. The summed E-state index contributed by atoms with van der Waals surface area (Å²) in [5.74, 6) is 1.48. The number of benzene rings is 2. The SMILES string of the molecule is CCOc1ccccc1C(=O)Nc1ccc(OC)cc1OC. The van der Waals surface area contributed by atoms with Gasteiger partial charge in [0.05, 0.1) is 32.1 Å². The standard InChI is InChI=1S/C17H19NO4/c1-4-22-15-8-6-5-7-13(15)17(19)18-14-10-9-12(20-2)11-16(14)21-3/h5-11H,4H2,1-3H3,(H,18,19). The summed E-state index contributed by atoms with van der Waals surface area (Å²) in [6, 6.07) is 12.3. The minimum atomic E-state index is -0.257. The van der Waals surface area contributed by atoms with Crippen molar-refractivity contribution in [1.82, 2.24) is 0 Å². The lowest BCUT2D eigenvalue weighted by Gasteiger charge is -2.13. The molecule has 0 aliphatic carbocycles. The summed E-state index contributed by atoms with van der Waals surface area (Å²) in [5.41, 5.74) is 1.04. The number of para-hydroxylation sites is 1. The van der Waals surface area contributed by atoms with Gasteiger partial charge in [0.2, 0.25) is 0 Å². The van der Waals surface area contributed by atoms with Crippen molar-refractivity contribution >= 4 is 11.6 Å². The van der Waals surface area contributed by atoms with Crippen molar-refractivity contribution in [3.63, 3.8) is 0 Å². The van der Waals surface area contributed by atoms with Crippen molar-refractivity contribution in [3.05, 3.63) is 48.0 Å². The van der Waals surface area contributed by atoms with Crippen LogP contribution in [0.15, 0.2) is 42.5 Å². The molecule has 22 heavy (non-hydrogen) atoms. The van der Waals surface area contributed by atoms with Crippen LogP contribution in [0.3, 0.4) is 0 Å². The van der Waals surface area contributed by atoms with E-state index < -0.39 is 0 Å². The van der Waals surface area contributed by atoms with Gasteiger partial charge in [0.25, 0.3) is 5.91 Å². The first-order chi connectivity index (χ1) is 10.7. The predicted octanol–water partition coefficient (Wildman–Crippen LogP) is 3.35. The molecule has 0 unspecified atom stereocenters. The quantitative estimate of drug-likeness (QED) is 0.889. The van der Waals surface area contributed by atoms with Gasteiger partial charge in [-0.25, -0.2) is 0 Å². The summed E-state index contributed by atoms with van der Waals surface area (Å²) in [7, 11) is 3.12. The highest BCUT2D eigenvalue weighted by Gasteiger charge is 2.14. The molecule has 0 radical (unpaired) electrons. The Balaban J connectivity index is 2.26. The molecule has 5 nitrogen and oxygen atoms in total. The molecule has 0 heterocycles. The van der Waals surface area contributed by atoms with E-state index in [2.05, 4.69) is 5.32 Å². The van der Waals surface area contributed by atoms with Gasteiger partial charge in [-0.15, -0.1) is 0 Å². The molecule has 0 atom stereocenters. The van der Waals surface area contributed by atoms with Crippen molar-refractivity contribution in [2.45, 2.75) is 6.92 Å². The molecule has 0 spiro atoms. The summed E-state index contributed by atoms with van der Waals surface area (Å²) in [5, 5.41) is 2.83. The number of methoxy groups -OCH3 is 2. The van der Waals surface area contributed by atoms with Gasteiger partial charge >= 0.3 is 0 Å². The number of anilines is 1. The number of ether oxygens (including phenoxy) is 3. The number of amides is 1. The average molecular weight is 301 g/mol. The number of rotatable bonds is 6. The highest BCUT2D eigenvalue weighted by molar-refractivity contribution is 6.06. The minimum absolute atomic E-state index is 0.257. The van der Waals surface area contributed by atoms with Crippen LogP contribution in [-0.4, -0.2) is 26.7 Å². The summed E-state index contributed by atoms with van der Waals surface area (Å²) >= 11 is 0. The van der Waals surface area contributed by atoms with Crippen LogP contribution >= 0.6 is 0 Å². The van der Waals surface area contributed by atoms with E-state index in [1.807, 2.05) is 13.0 Å². The second-order valence-electron chi connectivity index (χ2n) is 4.45. The van der Waals surface area contributed by atoms with E-state index in [0.717, 1.165) is 0 Å². The maximum atomic E-state index is 12.5. The molecule has 116 valence electrons. The van der Waals surface area contributed by atoms with Gasteiger partial charge in [0.1, 0.15) is 17.2 Å². The van der Waals surface area contributed by atoms with E-state index in [1.54, 1.807) is 50.6 Å². The number of hydrogen-bond donors (Lipinski definition) is 1. The Kier molecular flexibility index (Phi) is 5.25. The van der Waals surface area contributed by atoms with E-state index in [-0.39, 0.29) is 5.91 Å². The van der Waals surface area contributed by atoms with Crippen molar-refractivity contribution < 1.29 is 19.0 Å². The zero-order chi connectivity index (χ0) is 15.9. The Morgan fingerprint density at radius 3 is 2.50 bits per heavy atom. The number of carbonyl (C=O) groups is 1. The maximum Gasteiger partial charge on any atom is 0.259 e. The molecule has 1 amide bonds. The summed E-state index contributed by atoms with van der Waals surface area (Å²) in [6.45, 7) is 2.37. The van der Waals surface area contributed by atoms with Crippen LogP contribution in [0.4, 0.5) is 5.69 Å². The van der Waals surface area contributed by atoms with E-state index in [1.165, 1.54) is 0 Å². The number of hydrogen-bond acceptors (Lipinski definition) is 4. The molecule has 2 aromatic rings. The van der Waals surface area contributed by atoms with E-state index in [4.69, 9.17) is 14.2 Å². The van der Waals surface area contributed by atoms with Crippen LogP contribution < -0.4 is 19.5 Å². The zero-order valence-electron chi connectivity index (χ0n) is 12.9. The molecule has 0 saturated carbocycles. The predicted molar refractivity (Wildman–Crippen MR) is 85.1 cm³/mol. The third-order valence-electron chi connectivity index (χ3n) is 3.09. The lowest BCUT2D eigenvalue weighted by Crippen LogP contribution is -2.14. The summed E-state index contributed by atoms with van der Waals surface area (Å²) in [4.78, 5) is 12.5. The fourth-order valence-corrected chi connectivity index (χ4v) is 2.03. The van der Waals surface area contributed by atoms with Gasteiger partial charge < -0.3 is 19.5 Å². The monoisotopic (exact) mass is 301 g/mol. The maximum absolute atomic E-state index is 12.5. The Morgan fingerprint density at radius 2 is 1.82 bits per heavy atom. The van der Waals surface area contributed by atoms with Crippen LogP contribution in [0.25, 0.3) is 0 Å². The van der Waals surface area contributed by atoms with Gasteiger partial charge in [-0.2, -0.15) is 0 Å². The molecular weight excluding hydrogens is 282 g/mol. The van der Waals surface area contributed by atoms with Crippen molar-refractivity contribution in [2.75, 3.05) is 26.1 Å². The second-order valence-corrected chi connectivity index (χ2v) is 4.45. The molecule has 5 heteroatoms. The normalized spacial score (nSPS) is 9.95. The highest BCUT2D eigenvalue weighted by atomic mass is 16.5. The molecule has 0 bridgehead atoms. The van der Waals surface area contributed by atoms with Crippen molar-refractivity contribution in [2.24, 2.45) is 0 Å². The molecule has 0 saturated heterocycles. The molecule has 2 rings (SSSR count). The molecular formula is C17H19NO4. The smallest absolute Gasteiger partial charge is 0.259 e. The van der Waals surface area contributed by atoms with E-state index in [0.29, 0.717) is 35.1 Å². The highest BCUT2D eigenvalue weighted by Crippen LogP contribution is 2.30. The fourth-order valence-electron chi connectivity index (χ4n) is 2.03. The molecule has 0 fully saturated rings. The summed E-state index contributed by atoms with van der Waals surface area (Å²) < 4.78 is 15.9. The van der Waals surface area contributed by atoms with Crippen LogP contribution in [0.5, 0.6) is 17.2 Å². The van der Waals surface area contributed by atoms with Crippen LogP contribution in [0, 0.1) is 0 Å². The van der Waals surface area contributed by atoms with Crippen LogP contribution in [0.2, 0.25) is 0 Å². The molecule has 0 aliphatic rings. The van der Waals surface area contributed by atoms with Crippen LogP contribution in [-0.2, 0) is 0 Å². The summed E-state index contributed by atoms with van der Waals surface area (Å²) in [6.07, 6.45) is 0. The topological polar surface area (TPSA) is 56.8 Å². The van der Waals surface area contributed by atoms with Crippen LogP contribution in [0.1, 0.15) is 17.3 Å². The lowest BCUT2D eigenvalue weighted by atomic mass is 10.1. The first kappa shape index (κ1) is 15.7. The zero-order valence-corrected chi connectivity index (χ0v) is 12.9. The Bertz CT molecular complexity index is 655. The fraction of sp³-hybridized carbons (Fsp3) is 0.235. The van der Waals surface area contributed by atoms with Gasteiger partial charge in [0, 0.05) is 6.07 Å². The van der Waals surface area contributed by atoms with Gasteiger partial charge in [-0.05, 0) is 31.2 Å². The lowest BCUT2D eigenvalue weighted by molar-refractivity contribution is 0.102. The van der Waals surface area contributed by atoms with Gasteiger partial charge in [-0.3, -0.25) is 4.79 Å². The third-order valence-corrected chi connectivity index (χ3v) is 3.09. The van der Waals surface area contributed by atoms with Crippen molar-refractivity contribution in [1.29, 1.82) is 0 Å². The van der Waals surface area contributed by atoms with E-state index in [9.17, 15) is 4.79 Å². The molecule has 0 aromatic heterocycles. The Hall–Kier alpha value is -2.69.